The number of halogens is 5. The third-order valence-corrected chi connectivity index (χ3v) is 4.89. The first-order valence-electron chi connectivity index (χ1n) is 7.72. The Kier molecular flexibility index (Phi) is 5.19. The Bertz CT molecular complexity index is 1190. The summed E-state index contributed by atoms with van der Waals surface area (Å²) in [5.41, 5.74) is -2.38. The minimum absolute atomic E-state index is 0.145. The van der Waals surface area contributed by atoms with Gasteiger partial charge in [0.15, 0.2) is 5.76 Å². The van der Waals surface area contributed by atoms with Gasteiger partial charge in [0.2, 0.25) is 10.0 Å². The van der Waals surface area contributed by atoms with Crippen molar-refractivity contribution in [2.24, 2.45) is 5.14 Å². The molecule has 0 atom stereocenters. The minimum atomic E-state index is -4.67. The van der Waals surface area contributed by atoms with Gasteiger partial charge in [-0.2, -0.15) is 13.2 Å². The maximum absolute atomic E-state index is 14.6. The largest absolute Gasteiger partial charge is 0.416 e. The van der Waals surface area contributed by atoms with Crippen molar-refractivity contribution < 1.29 is 40.0 Å². The number of sulfonamides is 1. The van der Waals surface area contributed by atoms with Gasteiger partial charge in [0.1, 0.15) is 28.8 Å². The Hall–Kier alpha value is -2.83. The third kappa shape index (κ3) is 3.99. The molecule has 3 N–H and O–H groups in total. The van der Waals surface area contributed by atoms with Gasteiger partial charge in [-0.15, -0.1) is 0 Å². The molecule has 0 unspecified atom stereocenters. The lowest BCUT2D eigenvalue weighted by molar-refractivity contribution is -0.137. The third-order valence-electron chi connectivity index (χ3n) is 3.97. The molecule has 0 saturated carbocycles. The Morgan fingerprint density at radius 2 is 1.79 bits per heavy atom. The van der Waals surface area contributed by atoms with E-state index in [4.69, 9.17) is 9.66 Å². The molecule has 0 saturated heterocycles. The molecule has 1 heterocycles. The number of nitrogens with two attached hydrogens (primary N) is 1. The second-order valence-corrected chi connectivity index (χ2v) is 7.40. The molecule has 0 aliphatic carbocycles. The van der Waals surface area contributed by atoms with E-state index in [1.54, 1.807) is 0 Å². The number of aliphatic hydroxyl groups excluding tert-OH is 1. The molecular formula is C17H11F5N2O4S. The van der Waals surface area contributed by atoms with Gasteiger partial charge in [-0.3, -0.25) is 0 Å². The highest BCUT2D eigenvalue weighted by atomic mass is 32.2. The summed E-state index contributed by atoms with van der Waals surface area (Å²) in [5, 5.41) is 17.8. The minimum Gasteiger partial charge on any atom is -0.388 e. The maximum atomic E-state index is 14.6. The fraction of sp³-hybridized carbons (Fsp3) is 0.118. The molecule has 1 aromatic heterocycles. The summed E-state index contributed by atoms with van der Waals surface area (Å²) in [7, 11) is -4.57. The number of aromatic nitrogens is 1. The van der Waals surface area contributed by atoms with Crippen molar-refractivity contribution in [3.8, 4) is 22.4 Å². The molecule has 3 aromatic rings. The molecule has 2 aromatic carbocycles. The number of benzene rings is 2. The topological polar surface area (TPSA) is 106 Å². The number of rotatable bonds is 4. The first-order valence-corrected chi connectivity index (χ1v) is 9.27. The molecule has 154 valence electrons. The molecule has 0 radical (unpaired) electrons. The molecule has 6 nitrogen and oxygen atoms in total. The summed E-state index contributed by atoms with van der Waals surface area (Å²) in [6, 6.07) is 4.63. The zero-order chi connectivity index (χ0) is 21.6. The highest BCUT2D eigenvalue weighted by Gasteiger charge is 2.32. The Morgan fingerprint density at radius 3 is 2.38 bits per heavy atom. The zero-order valence-electron chi connectivity index (χ0n) is 14.2. The number of primary sulfonamides is 1. The average Bonchev–Trinajstić information content (AvgIpc) is 3.05. The van der Waals surface area contributed by atoms with E-state index in [2.05, 4.69) is 5.16 Å². The van der Waals surface area contributed by atoms with Crippen molar-refractivity contribution in [1.82, 2.24) is 5.16 Å². The van der Waals surface area contributed by atoms with Gasteiger partial charge in [0.25, 0.3) is 0 Å². The molecule has 29 heavy (non-hydrogen) atoms. The molecule has 0 amide bonds. The Morgan fingerprint density at radius 1 is 1.10 bits per heavy atom. The van der Waals surface area contributed by atoms with Crippen LogP contribution in [0.25, 0.3) is 22.4 Å². The molecule has 0 spiro atoms. The zero-order valence-corrected chi connectivity index (χ0v) is 15.0. The molecule has 0 aliphatic heterocycles. The van der Waals surface area contributed by atoms with E-state index in [0.717, 1.165) is 18.2 Å². The van der Waals surface area contributed by atoms with Crippen molar-refractivity contribution in [2.75, 3.05) is 0 Å². The van der Waals surface area contributed by atoms with Crippen LogP contribution in [-0.2, 0) is 22.8 Å². The van der Waals surface area contributed by atoms with Crippen molar-refractivity contribution in [3.63, 3.8) is 0 Å². The Labute approximate surface area is 160 Å². The van der Waals surface area contributed by atoms with Gasteiger partial charge in [-0.25, -0.2) is 22.3 Å². The van der Waals surface area contributed by atoms with Crippen LogP contribution in [0.3, 0.4) is 0 Å². The summed E-state index contributed by atoms with van der Waals surface area (Å²) in [6.07, 6.45) is -4.67. The average molecular weight is 434 g/mol. The van der Waals surface area contributed by atoms with Gasteiger partial charge in [-0.05, 0) is 24.3 Å². The van der Waals surface area contributed by atoms with E-state index in [9.17, 15) is 35.5 Å². The van der Waals surface area contributed by atoms with Crippen LogP contribution in [0.1, 0.15) is 11.3 Å². The lowest BCUT2D eigenvalue weighted by atomic mass is 9.97. The normalized spacial score (nSPS) is 12.4. The second-order valence-electron chi connectivity index (χ2n) is 5.87. The summed E-state index contributed by atoms with van der Waals surface area (Å²) < 4.78 is 95.3. The van der Waals surface area contributed by atoms with Crippen LogP contribution >= 0.6 is 0 Å². The van der Waals surface area contributed by atoms with Gasteiger partial charge in [-0.1, -0.05) is 17.3 Å². The molecule has 0 fully saturated rings. The van der Waals surface area contributed by atoms with E-state index in [-0.39, 0.29) is 22.6 Å². The monoisotopic (exact) mass is 434 g/mol. The van der Waals surface area contributed by atoms with Crippen molar-refractivity contribution in [2.45, 2.75) is 17.7 Å². The molecule has 0 bridgehead atoms. The fourth-order valence-electron chi connectivity index (χ4n) is 2.69. The molecular weight excluding hydrogens is 423 g/mol. The van der Waals surface area contributed by atoms with Gasteiger partial charge in [0.05, 0.1) is 11.1 Å². The van der Waals surface area contributed by atoms with Crippen molar-refractivity contribution >= 4 is 10.0 Å². The standard InChI is InChI=1S/C17H11F5N2O4S/c18-11-6-14(29(23,26)27)12(19)5-10(11)15-13(7-25)28-24-16(15)8-2-1-3-9(4-8)17(20,21)22/h1-6,25H,7H2,(H2,23,26,27). The van der Waals surface area contributed by atoms with Gasteiger partial charge in [0, 0.05) is 11.1 Å². The van der Waals surface area contributed by atoms with Crippen LogP contribution in [0.15, 0.2) is 45.8 Å². The van der Waals surface area contributed by atoms with Crippen LogP contribution in [-0.4, -0.2) is 18.7 Å². The fourth-order valence-corrected chi connectivity index (χ4v) is 3.29. The smallest absolute Gasteiger partial charge is 0.388 e. The number of alkyl halides is 3. The number of hydrogen-bond donors (Lipinski definition) is 2. The molecule has 0 aliphatic rings. The molecule has 12 heteroatoms. The summed E-state index contributed by atoms with van der Waals surface area (Å²) in [4.78, 5) is -1.11. The summed E-state index contributed by atoms with van der Waals surface area (Å²) >= 11 is 0. The van der Waals surface area contributed by atoms with E-state index in [1.807, 2.05) is 0 Å². The number of nitrogens with zero attached hydrogens (tertiary/aromatic N) is 1. The van der Waals surface area contributed by atoms with Crippen LogP contribution in [0, 0.1) is 11.6 Å². The lowest BCUT2D eigenvalue weighted by Gasteiger charge is -2.10. The van der Waals surface area contributed by atoms with Crippen LogP contribution < -0.4 is 5.14 Å². The summed E-state index contributed by atoms with van der Waals surface area (Å²) in [5.74, 6) is -3.02. The van der Waals surface area contributed by atoms with Crippen molar-refractivity contribution in [3.05, 3.63) is 59.4 Å². The van der Waals surface area contributed by atoms with Crippen LogP contribution in [0.5, 0.6) is 0 Å². The first-order chi connectivity index (χ1) is 13.4. The summed E-state index contributed by atoms with van der Waals surface area (Å²) in [6.45, 7) is -0.834. The van der Waals surface area contributed by atoms with Gasteiger partial charge < -0.3 is 9.63 Å². The Balaban J connectivity index is 2.26. The number of aliphatic hydroxyl groups is 1. The van der Waals surface area contributed by atoms with E-state index in [1.165, 1.54) is 6.07 Å². The lowest BCUT2D eigenvalue weighted by Crippen LogP contribution is -2.14. The van der Waals surface area contributed by atoms with E-state index < -0.39 is 50.5 Å². The van der Waals surface area contributed by atoms with Crippen molar-refractivity contribution in [1.29, 1.82) is 0 Å². The predicted octanol–water partition coefficient (Wildman–Crippen LogP) is 3.45. The van der Waals surface area contributed by atoms with Gasteiger partial charge >= 0.3 is 6.18 Å². The first kappa shape index (κ1) is 20.9. The second kappa shape index (κ2) is 7.21. The SMILES string of the molecule is NS(=O)(=O)c1cc(F)c(-c2c(-c3cccc(C(F)(F)F)c3)noc2CO)cc1F. The molecule has 3 rings (SSSR count). The maximum Gasteiger partial charge on any atom is 0.416 e. The predicted molar refractivity (Wildman–Crippen MR) is 89.6 cm³/mol. The number of hydrogen-bond acceptors (Lipinski definition) is 5. The van der Waals surface area contributed by atoms with E-state index >= 15 is 0 Å². The highest BCUT2D eigenvalue weighted by molar-refractivity contribution is 7.89. The van der Waals surface area contributed by atoms with E-state index in [0.29, 0.717) is 12.1 Å². The highest BCUT2D eigenvalue weighted by Crippen LogP contribution is 2.39. The van der Waals surface area contributed by atoms with Crippen LogP contribution in [0.4, 0.5) is 22.0 Å². The quantitative estimate of drug-likeness (QED) is 0.612. The van der Waals surface area contributed by atoms with Crippen LogP contribution in [0.2, 0.25) is 0 Å².